The van der Waals surface area contributed by atoms with Gasteiger partial charge >= 0.3 is 18.0 Å². The van der Waals surface area contributed by atoms with Crippen molar-refractivity contribution >= 4 is 18.0 Å². The van der Waals surface area contributed by atoms with Gasteiger partial charge in [-0.2, -0.15) is 0 Å². The highest BCUT2D eigenvalue weighted by atomic mass is 16.6. The van der Waals surface area contributed by atoms with Crippen LogP contribution in [0, 0.1) is 5.92 Å². The van der Waals surface area contributed by atoms with Crippen molar-refractivity contribution in [1.29, 1.82) is 0 Å². The molecular formula is C28H34N2O6. The maximum absolute atomic E-state index is 13.2. The molecule has 2 aromatic carbocycles. The molecule has 4 aliphatic rings. The van der Waals surface area contributed by atoms with Gasteiger partial charge in [0, 0.05) is 25.9 Å². The zero-order valence-corrected chi connectivity index (χ0v) is 20.4. The molecule has 0 saturated carbocycles. The monoisotopic (exact) mass is 494 g/mol. The zero-order valence-electron chi connectivity index (χ0n) is 20.4. The normalized spacial score (nSPS) is 24.2. The van der Waals surface area contributed by atoms with Crippen molar-refractivity contribution in [2.24, 2.45) is 5.92 Å². The summed E-state index contributed by atoms with van der Waals surface area (Å²) in [6, 6.07) is 18.8. The van der Waals surface area contributed by atoms with Crippen LogP contribution in [0.25, 0.3) is 0 Å². The number of carbonyl (C=O) groups is 3. The largest absolute Gasteiger partial charge is 0.481 e. The van der Waals surface area contributed by atoms with Gasteiger partial charge in [0.1, 0.15) is 6.10 Å². The molecule has 2 aromatic rings. The molecule has 2 bridgehead atoms. The lowest BCUT2D eigenvalue weighted by Gasteiger charge is -2.45. The van der Waals surface area contributed by atoms with Crippen molar-refractivity contribution in [2.45, 2.75) is 50.7 Å². The average Bonchev–Trinajstić information content (AvgIpc) is 2.89. The number of carboxylic acids is 2. The van der Waals surface area contributed by atoms with Gasteiger partial charge in [0.2, 0.25) is 0 Å². The molecule has 4 aliphatic heterocycles. The molecule has 2 atom stereocenters. The highest BCUT2D eigenvalue weighted by Crippen LogP contribution is 2.36. The van der Waals surface area contributed by atoms with Gasteiger partial charge in [0.25, 0.3) is 0 Å². The van der Waals surface area contributed by atoms with Crippen LogP contribution in [0.3, 0.4) is 0 Å². The number of hydrogen-bond donors (Lipinski definition) is 2. The third-order valence-corrected chi connectivity index (χ3v) is 7.26. The fraction of sp³-hybridized carbons (Fsp3) is 0.464. The van der Waals surface area contributed by atoms with E-state index in [0.29, 0.717) is 12.5 Å². The van der Waals surface area contributed by atoms with Gasteiger partial charge in [0.05, 0.1) is 6.04 Å². The summed E-state index contributed by atoms with van der Waals surface area (Å²) in [6.07, 6.45) is 3.18. The van der Waals surface area contributed by atoms with Gasteiger partial charge in [-0.15, -0.1) is 0 Å². The molecule has 6 rings (SSSR count). The molecule has 8 nitrogen and oxygen atoms in total. The van der Waals surface area contributed by atoms with Crippen LogP contribution in [-0.2, 0) is 20.7 Å². The molecular weight excluding hydrogens is 460 g/mol. The number of fused-ring (bicyclic) bond motifs is 4. The number of carboxylic acid groups (broad SMARTS) is 2. The fourth-order valence-corrected chi connectivity index (χ4v) is 5.39. The van der Waals surface area contributed by atoms with Crippen molar-refractivity contribution in [3.63, 3.8) is 0 Å². The molecule has 2 N–H and O–H groups in total. The number of rotatable bonds is 6. The van der Waals surface area contributed by atoms with E-state index >= 15 is 0 Å². The van der Waals surface area contributed by atoms with Gasteiger partial charge in [-0.1, -0.05) is 54.6 Å². The second-order valence-corrected chi connectivity index (χ2v) is 9.66. The van der Waals surface area contributed by atoms with E-state index in [4.69, 9.17) is 14.9 Å². The fourth-order valence-electron chi connectivity index (χ4n) is 5.39. The number of amides is 1. The lowest BCUT2D eigenvalue weighted by atomic mass is 9.86. The minimum Gasteiger partial charge on any atom is -0.481 e. The first-order valence-corrected chi connectivity index (χ1v) is 12.7. The molecule has 0 radical (unpaired) electrons. The number of hydrogen-bond acceptors (Lipinski definition) is 5. The Morgan fingerprint density at radius 2 is 1.50 bits per heavy atom. The number of piperidine rings is 3. The van der Waals surface area contributed by atoms with E-state index in [9.17, 15) is 14.4 Å². The van der Waals surface area contributed by atoms with Crippen LogP contribution in [-0.4, -0.2) is 70.3 Å². The third kappa shape index (κ3) is 6.43. The number of aliphatic carboxylic acids is 2. The number of ether oxygens (including phenoxy) is 1. The van der Waals surface area contributed by atoms with E-state index in [0.717, 1.165) is 44.5 Å². The van der Waals surface area contributed by atoms with Crippen LogP contribution in [0.1, 0.15) is 54.8 Å². The van der Waals surface area contributed by atoms with E-state index in [2.05, 4.69) is 41.3 Å². The Kier molecular flexibility index (Phi) is 8.59. The Morgan fingerprint density at radius 1 is 0.861 bits per heavy atom. The first-order valence-electron chi connectivity index (χ1n) is 12.7. The van der Waals surface area contributed by atoms with E-state index in [1.165, 1.54) is 11.1 Å². The second-order valence-electron chi connectivity index (χ2n) is 9.66. The average molecular weight is 495 g/mol. The minimum absolute atomic E-state index is 0.0496. The van der Waals surface area contributed by atoms with E-state index in [1.807, 2.05) is 23.1 Å². The maximum Gasteiger partial charge on any atom is 0.410 e. The molecule has 0 aromatic heterocycles. The van der Waals surface area contributed by atoms with Crippen LogP contribution in [0.2, 0.25) is 0 Å². The number of benzene rings is 2. The predicted molar refractivity (Wildman–Crippen MR) is 134 cm³/mol. The third-order valence-electron chi connectivity index (χ3n) is 7.26. The topological polar surface area (TPSA) is 107 Å². The molecule has 192 valence electrons. The Labute approximate surface area is 211 Å². The highest BCUT2D eigenvalue weighted by Gasteiger charge is 2.39. The summed E-state index contributed by atoms with van der Waals surface area (Å²) in [4.78, 5) is 37.2. The van der Waals surface area contributed by atoms with E-state index in [1.54, 1.807) is 0 Å². The van der Waals surface area contributed by atoms with Gasteiger partial charge < -0.3 is 14.9 Å². The van der Waals surface area contributed by atoms with Crippen molar-refractivity contribution in [3.05, 3.63) is 71.3 Å². The summed E-state index contributed by atoms with van der Waals surface area (Å²) >= 11 is 0. The highest BCUT2D eigenvalue weighted by molar-refractivity contribution is 5.71. The Morgan fingerprint density at radius 3 is 2.11 bits per heavy atom. The summed E-state index contributed by atoms with van der Waals surface area (Å²) in [6.45, 7) is 3.91. The van der Waals surface area contributed by atoms with Gasteiger partial charge in [-0.05, 0) is 61.4 Å². The molecule has 0 unspecified atom stereocenters. The van der Waals surface area contributed by atoms with Crippen molar-refractivity contribution in [3.8, 4) is 0 Å². The Bertz CT molecular complexity index is 1040. The minimum atomic E-state index is -0.948. The Hall–Kier alpha value is -3.39. The molecule has 4 heterocycles. The second kappa shape index (κ2) is 12.0. The van der Waals surface area contributed by atoms with Crippen LogP contribution in [0.4, 0.5) is 4.79 Å². The van der Waals surface area contributed by atoms with Crippen molar-refractivity contribution in [1.82, 2.24) is 9.80 Å². The predicted octanol–water partition coefficient (Wildman–Crippen LogP) is 4.19. The van der Waals surface area contributed by atoms with E-state index < -0.39 is 11.9 Å². The molecule has 3 fully saturated rings. The maximum atomic E-state index is 13.2. The quantitative estimate of drug-likeness (QED) is 0.620. The van der Waals surface area contributed by atoms with Crippen LogP contribution < -0.4 is 0 Å². The molecule has 36 heavy (non-hydrogen) atoms. The van der Waals surface area contributed by atoms with E-state index in [-0.39, 0.29) is 37.5 Å². The molecule has 8 heteroatoms. The van der Waals surface area contributed by atoms with Gasteiger partial charge in [-0.3, -0.25) is 19.4 Å². The lowest BCUT2D eigenvalue weighted by Crippen LogP contribution is -2.53. The summed E-state index contributed by atoms with van der Waals surface area (Å²) in [5, 5.41) is 16.1. The van der Waals surface area contributed by atoms with Crippen LogP contribution >= 0.6 is 0 Å². The SMILES string of the molecule is O=C(O)CCCC(=O)O.O=C(O[C@H]1CN2CCC1CC2)N1CCc2ccccc2[C@@H]1c1ccccc1. The molecule has 3 saturated heterocycles. The smallest absolute Gasteiger partial charge is 0.410 e. The summed E-state index contributed by atoms with van der Waals surface area (Å²) < 4.78 is 6.08. The van der Waals surface area contributed by atoms with Crippen molar-refractivity contribution < 1.29 is 29.3 Å². The standard InChI is InChI=1S/C23H26N2O2.C5H8O4/c26-23(27-21-16-24-13-10-18(21)11-14-24)25-15-12-17-6-4-5-9-20(17)22(25)19-7-2-1-3-8-19;6-4(7)2-1-3-5(8)9/h1-9,18,21-22H,10-16H2;1-3H2,(H,6,7)(H,8,9)/t21-,22-;/m0./s1. The van der Waals surface area contributed by atoms with Gasteiger partial charge in [0.15, 0.2) is 0 Å². The first-order chi connectivity index (χ1) is 17.4. The number of carbonyl (C=O) groups excluding carboxylic acids is 1. The molecule has 0 spiro atoms. The summed E-state index contributed by atoms with van der Waals surface area (Å²) in [7, 11) is 0. The summed E-state index contributed by atoms with van der Waals surface area (Å²) in [5.74, 6) is -1.36. The van der Waals surface area contributed by atoms with Gasteiger partial charge in [-0.25, -0.2) is 4.79 Å². The number of nitrogens with zero attached hydrogens (tertiary/aromatic N) is 2. The first kappa shape index (κ1) is 25.7. The molecule has 0 aliphatic carbocycles. The zero-order chi connectivity index (χ0) is 25.5. The molecule has 1 amide bonds. The van der Waals surface area contributed by atoms with Crippen LogP contribution in [0.5, 0.6) is 0 Å². The summed E-state index contributed by atoms with van der Waals surface area (Å²) in [5.41, 5.74) is 3.70. The van der Waals surface area contributed by atoms with Crippen LogP contribution in [0.15, 0.2) is 54.6 Å². The van der Waals surface area contributed by atoms with Crippen molar-refractivity contribution in [2.75, 3.05) is 26.2 Å². The Balaban J connectivity index is 0.000000292. The lowest BCUT2D eigenvalue weighted by molar-refractivity contribution is -0.138.